The van der Waals surface area contributed by atoms with Gasteiger partial charge in [-0.1, -0.05) is 11.6 Å². The van der Waals surface area contributed by atoms with Crippen LogP contribution in [-0.4, -0.2) is 14.9 Å². The van der Waals surface area contributed by atoms with E-state index in [2.05, 4.69) is 15.3 Å². The van der Waals surface area contributed by atoms with Crippen molar-refractivity contribution >= 4 is 28.8 Å². The van der Waals surface area contributed by atoms with Gasteiger partial charge in [-0.2, -0.15) is 0 Å². The van der Waals surface area contributed by atoms with Crippen molar-refractivity contribution in [3.8, 4) is 0 Å². The Hall–Kier alpha value is -2.21. The van der Waals surface area contributed by atoms with Gasteiger partial charge in [0.05, 0.1) is 11.9 Å². The number of hydrogen-bond acceptors (Lipinski definition) is 5. The van der Waals surface area contributed by atoms with Crippen LogP contribution in [-0.2, 0) is 0 Å². The molecule has 2 heterocycles. The van der Waals surface area contributed by atoms with Gasteiger partial charge in [-0.15, -0.1) is 0 Å². The van der Waals surface area contributed by atoms with Crippen LogP contribution in [0.2, 0.25) is 5.15 Å². The van der Waals surface area contributed by atoms with Crippen molar-refractivity contribution in [1.82, 2.24) is 9.97 Å². The van der Waals surface area contributed by atoms with Gasteiger partial charge in [0.2, 0.25) is 0 Å². The van der Waals surface area contributed by atoms with E-state index in [4.69, 9.17) is 11.6 Å². The van der Waals surface area contributed by atoms with Gasteiger partial charge in [0, 0.05) is 0 Å². The third kappa shape index (κ3) is 2.67. The summed E-state index contributed by atoms with van der Waals surface area (Å²) in [4.78, 5) is 17.7. The number of rotatable bonds is 3. The van der Waals surface area contributed by atoms with Crippen LogP contribution in [0.1, 0.15) is 0 Å². The molecule has 0 spiro atoms. The zero-order chi connectivity index (χ0) is 12.3. The van der Waals surface area contributed by atoms with E-state index in [1.165, 1.54) is 12.4 Å². The van der Waals surface area contributed by atoms with Crippen molar-refractivity contribution < 1.29 is 4.92 Å². The number of nitro groups is 1. The molecule has 0 saturated carbocycles. The molecule has 1 N–H and O–H groups in total. The first-order valence-electron chi connectivity index (χ1n) is 4.65. The highest BCUT2D eigenvalue weighted by Crippen LogP contribution is 2.24. The summed E-state index contributed by atoms with van der Waals surface area (Å²) in [7, 11) is 0. The van der Waals surface area contributed by atoms with Crippen molar-refractivity contribution in [2.75, 3.05) is 5.32 Å². The maximum atomic E-state index is 10.7. The Morgan fingerprint density at radius 2 is 2.12 bits per heavy atom. The van der Waals surface area contributed by atoms with Crippen LogP contribution in [0.25, 0.3) is 0 Å². The molecular weight excluding hydrogens is 244 g/mol. The molecule has 0 saturated heterocycles. The predicted molar refractivity (Wildman–Crippen MR) is 63.4 cm³/mol. The second-order valence-corrected chi connectivity index (χ2v) is 3.51. The van der Waals surface area contributed by atoms with Gasteiger partial charge in [-0.25, -0.2) is 4.98 Å². The van der Waals surface area contributed by atoms with Gasteiger partial charge in [0.25, 0.3) is 0 Å². The lowest BCUT2D eigenvalue weighted by molar-refractivity contribution is -0.388. The van der Waals surface area contributed by atoms with Gasteiger partial charge in [-0.3, -0.25) is 0 Å². The van der Waals surface area contributed by atoms with Crippen molar-refractivity contribution in [3.63, 3.8) is 0 Å². The maximum absolute atomic E-state index is 10.7. The van der Waals surface area contributed by atoms with E-state index in [-0.39, 0.29) is 5.82 Å². The van der Waals surface area contributed by atoms with E-state index in [1.54, 1.807) is 24.3 Å². The minimum absolute atomic E-state index is 0.234. The van der Waals surface area contributed by atoms with E-state index < -0.39 is 4.92 Å². The fourth-order valence-corrected chi connectivity index (χ4v) is 1.36. The van der Waals surface area contributed by atoms with Crippen LogP contribution in [0.4, 0.5) is 17.2 Å². The lowest BCUT2D eigenvalue weighted by Crippen LogP contribution is -1.99. The molecule has 0 amide bonds. The highest BCUT2D eigenvalue weighted by atomic mass is 35.5. The quantitative estimate of drug-likeness (QED) is 0.515. The number of anilines is 2. The average molecular weight is 251 g/mol. The van der Waals surface area contributed by atoms with Crippen LogP contribution >= 0.6 is 11.6 Å². The van der Waals surface area contributed by atoms with Crippen molar-refractivity contribution in [2.45, 2.75) is 0 Å². The number of hydrogen-bond donors (Lipinski definition) is 1. The van der Waals surface area contributed by atoms with Gasteiger partial charge in [0.1, 0.15) is 17.0 Å². The normalized spacial score (nSPS) is 9.94. The molecule has 0 fully saturated rings. The van der Waals surface area contributed by atoms with E-state index in [1.807, 2.05) is 0 Å². The van der Waals surface area contributed by atoms with Gasteiger partial charge < -0.3 is 15.4 Å². The second kappa shape index (κ2) is 4.75. The molecule has 0 aromatic carbocycles. The molecule has 86 valence electrons. The van der Waals surface area contributed by atoms with Gasteiger partial charge >= 0.3 is 5.82 Å². The van der Waals surface area contributed by atoms with Crippen LogP contribution in [0.5, 0.6) is 0 Å². The molecule has 0 aliphatic heterocycles. The third-order valence-corrected chi connectivity index (χ3v) is 2.19. The molecule has 0 aliphatic carbocycles. The summed E-state index contributed by atoms with van der Waals surface area (Å²) < 4.78 is 0. The Bertz CT molecular complexity index is 544. The summed E-state index contributed by atoms with van der Waals surface area (Å²) in [6, 6.07) is 6.44. The maximum Gasteiger partial charge on any atom is 0.387 e. The fourth-order valence-electron chi connectivity index (χ4n) is 1.25. The predicted octanol–water partition coefficient (Wildman–Crippen LogP) is 2.78. The summed E-state index contributed by atoms with van der Waals surface area (Å²) in [5.74, 6) is -0.234. The number of aromatic nitrogens is 2. The van der Waals surface area contributed by atoms with Crippen LogP contribution in [0, 0.1) is 10.1 Å². The zero-order valence-electron chi connectivity index (χ0n) is 8.50. The topological polar surface area (TPSA) is 81.0 Å². The number of pyridine rings is 2. The Balaban J connectivity index is 2.30. The highest BCUT2D eigenvalue weighted by Gasteiger charge is 2.13. The second-order valence-electron chi connectivity index (χ2n) is 3.13. The molecule has 0 bridgehead atoms. The molecule has 2 rings (SSSR count). The standard InChI is InChI=1S/C10H7ClN4O2/c11-9-4-3-7(6-13-9)14-8-2-1-5-12-10(8)15(16)17/h1-6,14H. The van der Waals surface area contributed by atoms with Gasteiger partial charge in [-0.05, 0) is 34.2 Å². The molecule has 2 aromatic heterocycles. The van der Waals surface area contributed by atoms with Crippen molar-refractivity contribution in [1.29, 1.82) is 0 Å². The molecule has 7 heteroatoms. The summed E-state index contributed by atoms with van der Waals surface area (Å²) in [6.45, 7) is 0. The fraction of sp³-hybridized carbons (Fsp3) is 0. The van der Waals surface area contributed by atoms with Crippen LogP contribution in [0.15, 0.2) is 36.7 Å². The zero-order valence-corrected chi connectivity index (χ0v) is 9.26. The molecule has 0 radical (unpaired) electrons. The molecule has 2 aromatic rings. The van der Waals surface area contributed by atoms with E-state index in [0.717, 1.165) is 0 Å². The van der Waals surface area contributed by atoms with Crippen LogP contribution in [0.3, 0.4) is 0 Å². The number of halogens is 1. The smallest absolute Gasteiger partial charge is 0.358 e. The minimum atomic E-state index is -0.550. The summed E-state index contributed by atoms with van der Waals surface area (Å²) in [5.41, 5.74) is 0.909. The lowest BCUT2D eigenvalue weighted by atomic mass is 10.3. The Labute approximate surface area is 101 Å². The minimum Gasteiger partial charge on any atom is -0.358 e. The van der Waals surface area contributed by atoms with Gasteiger partial charge in [0.15, 0.2) is 0 Å². The van der Waals surface area contributed by atoms with Crippen molar-refractivity contribution in [2.24, 2.45) is 0 Å². The van der Waals surface area contributed by atoms with E-state index in [9.17, 15) is 10.1 Å². The molecule has 0 unspecified atom stereocenters. The molecule has 6 nitrogen and oxygen atoms in total. The Morgan fingerprint density at radius 3 is 2.76 bits per heavy atom. The van der Waals surface area contributed by atoms with E-state index in [0.29, 0.717) is 16.5 Å². The first-order chi connectivity index (χ1) is 8.16. The Morgan fingerprint density at radius 1 is 1.29 bits per heavy atom. The molecular formula is C10H7ClN4O2. The first kappa shape index (κ1) is 11.3. The number of nitrogens with zero attached hydrogens (tertiary/aromatic N) is 3. The third-order valence-electron chi connectivity index (χ3n) is 1.97. The van der Waals surface area contributed by atoms with Crippen molar-refractivity contribution in [3.05, 3.63) is 51.9 Å². The largest absolute Gasteiger partial charge is 0.387 e. The monoisotopic (exact) mass is 250 g/mol. The molecule has 0 atom stereocenters. The van der Waals surface area contributed by atoms with E-state index >= 15 is 0 Å². The lowest BCUT2D eigenvalue weighted by Gasteiger charge is -2.05. The SMILES string of the molecule is O=[N+]([O-])c1ncccc1Nc1ccc(Cl)nc1. The summed E-state index contributed by atoms with van der Waals surface area (Å²) in [6.07, 6.45) is 2.85. The highest BCUT2D eigenvalue weighted by molar-refractivity contribution is 6.29. The average Bonchev–Trinajstić information content (AvgIpc) is 2.32. The molecule has 17 heavy (non-hydrogen) atoms. The first-order valence-corrected chi connectivity index (χ1v) is 5.02. The molecule has 0 aliphatic rings. The summed E-state index contributed by atoms with van der Waals surface area (Å²) in [5, 5.41) is 13.9. The summed E-state index contributed by atoms with van der Waals surface area (Å²) >= 11 is 5.64. The Kier molecular flexibility index (Phi) is 3.15. The number of nitrogens with one attached hydrogen (secondary N) is 1. The van der Waals surface area contributed by atoms with Crippen LogP contribution < -0.4 is 5.32 Å².